The number of hydrogen-bond donors (Lipinski definition) is 0. The summed E-state index contributed by atoms with van der Waals surface area (Å²) in [5.74, 6) is 0.802. The van der Waals surface area contributed by atoms with Crippen LogP contribution in [0.25, 0.3) is 0 Å². The van der Waals surface area contributed by atoms with Crippen molar-refractivity contribution in [2.75, 3.05) is 32.9 Å². The second kappa shape index (κ2) is 8.55. The minimum absolute atomic E-state index is 0.0323. The van der Waals surface area contributed by atoms with Gasteiger partial charge in [-0.1, -0.05) is 30.3 Å². The molecule has 0 aliphatic carbocycles. The summed E-state index contributed by atoms with van der Waals surface area (Å²) in [6, 6.07) is 17.4. The highest BCUT2D eigenvalue weighted by atomic mass is 16.5. The third kappa shape index (κ3) is 4.49. The number of amides is 1. The van der Waals surface area contributed by atoms with Gasteiger partial charge in [0.2, 0.25) is 0 Å². The van der Waals surface area contributed by atoms with Gasteiger partial charge in [-0.2, -0.15) is 0 Å². The molecule has 1 amide bonds. The van der Waals surface area contributed by atoms with E-state index in [-0.39, 0.29) is 18.1 Å². The molecule has 2 heterocycles. The number of nitrogens with zero attached hydrogens (tertiary/aromatic N) is 1. The molecule has 0 unspecified atom stereocenters. The van der Waals surface area contributed by atoms with Crippen LogP contribution in [0.5, 0.6) is 5.75 Å². The normalized spacial score (nSPS) is 22.6. The van der Waals surface area contributed by atoms with Gasteiger partial charge in [0.05, 0.1) is 19.3 Å². The Hall–Kier alpha value is -2.37. The second-order valence-corrected chi connectivity index (χ2v) is 6.99. The van der Waals surface area contributed by atoms with Crippen LogP contribution >= 0.6 is 0 Å². The molecule has 27 heavy (non-hydrogen) atoms. The Morgan fingerprint density at radius 2 is 1.85 bits per heavy atom. The van der Waals surface area contributed by atoms with Crippen molar-refractivity contribution in [1.29, 1.82) is 0 Å². The van der Waals surface area contributed by atoms with Crippen LogP contribution in [-0.2, 0) is 9.47 Å². The van der Waals surface area contributed by atoms with Crippen LogP contribution in [0.4, 0.5) is 0 Å². The van der Waals surface area contributed by atoms with E-state index in [0.29, 0.717) is 31.9 Å². The second-order valence-electron chi connectivity index (χ2n) is 6.99. The fourth-order valence-electron chi connectivity index (χ4n) is 3.54. The van der Waals surface area contributed by atoms with Gasteiger partial charge in [-0.05, 0) is 42.7 Å². The average Bonchev–Trinajstić information content (AvgIpc) is 3.27. The van der Waals surface area contributed by atoms with Gasteiger partial charge in [0, 0.05) is 18.7 Å². The van der Waals surface area contributed by atoms with E-state index in [1.165, 1.54) is 0 Å². The summed E-state index contributed by atoms with van der Waals surface area (Å²) >= 11 is 0. The Bertz CT molecular complexity index is 741. The molecule has 0 radical (unpaired) electrons. The predicted molar refractivity (Wildman–Crippen MR) is 102 cm³/mol. The SMILES string of the molecule is O=C(c1ccc(OC[C@H]2CCCO2)cc1)N1CCO[C@H](c2ccccc2)C1. The summed E-state index contributed by atoms with van der Waals surface area (Å²) < 4.78 is 17.2. The largest absolute Gasteiger partial charge is 0.491 e. The summed E-state index contributed by atoms with van der Waals surface area (Å²) in [5.41, 5.74) is 1.78. The van der Waals surface area contributed by atoms with E-state index >= 15 is 0 Å². The Balaban J connectivity index is 1.35. The van der Waals surface area contributed by atoms with Gasteiger partial charge in [-0.15, -0.1) is 0 Å². The molecule has 2 aromatic carbocycles. The lowest BCUT2D eigenvalue weighted by Crippen LogP contribution is -2.42. The molecule has 2 aliphatic heterocycles. The molecule has 5 nitrogen and oxygen atoms in total. The number of morpholine rings is 1. The van der Waals surface area contributed by atoms with Gasteiger partial charge in [0.25, 0.3) is 5.91 Å². The van der Waals surface area contributed by atoms with Crippen LogP contribution in [0.1, 0.15) is 34.9 Å². The lowest BCUT2D eigenvalue weighted by molar-refractivity contribution is -0.0228. The fraction of sp³-hybridized carbons (Fsp3) is 0.409. The Labute approximate surface area is 159 Å². The summed E-state index contributed by atoms with van der Waals surface area (Å²) in [7, 11) is 0. The summed E-state index contributed by atoms with van der Waals surface area (Å²) in [6.07, 6.45) is 2.27. The first-order valence-electron chi connectivity index (χ1n) is 9.60. The van der Waals surface area contributed by atoms with E-state index in [9.17, 15) is 4.79 Å². The van der Waals surface area contributed by atoms with Crippen LogP contribution in [0.3, 0.4) is 0 Å². The molecular formula is C22H25NO4. The van der Waals surface area contributed by atoms with Crippen molar-refractivity contribution in [3.63, 3.8) is 0 Å². The quantitative estimate of drug-likeness (QED) is 0.812. The van der Waals surface area contributed by atoms with E-state index in [2.05, 4.69) is 0 Å². The van der Waals surface area contributed by atoms with Crippen LogP contribution in [0.2, 0.25) is 0 Å². The maximum Gasteiger partial charge on any atom is 0.254 e. The fourth-order valence-corrected chi connectivity index (χ4v) is 3.54. The molecule has 142 valence electrons. The zero-order valence-corrected chi connectivity index (χ0v) is 15.4. The van der Waals surface area contributed by atoms with Gasteiger partial charge in [0.1, 0.15) is 18.5 Å². The van der Waals surface area contributed by atoms with Crippen LogP contribution < -0.4 is 4.74 Å². The molecule has 2 aromatic rings. The topological polar surface area (TPSA) is 48.0 Å². The van der Waals surface area contributed by atoms with Crippen LogP contribution in [0.15, 0.2) is 54.6 Å². The van der Waals surface area contributed by atoms with Crippen molar-refractivity contribution in [3.05, 3.63) is 65.7 Å². The third-order valence-corrected chi connectivity index (χ3v) is 5.09. The molecule has 5 heteroatoms. The smallest absolute Gasteiger partial charge is 0.254 e. The number of hydrogen-bond acceptors (Lipinski definition) is 4. The molecule has 0 aromatic heterocycles. The Kier molecular flexibility index (Phi) is 5.70. The molecule has 0 saturated carbocycles. The zero-order chi connectivity index (χ0) is 18.5. The minimum Gasteiger partial charge on any atom is -0.491 e. The summed E-state index contributed by atoms with van der Waals surface area (Å²) in [5, 5.41) is 0. The lowest BCUT2D eigenvalue weighted by Gasteiger charge is -2.33. The van der Waals surface area contributed by atoms with E-state index in [0.717, 1.165) is 30.8 Å². The van der Waals surface area contributed by atoms with Crippen molar-refractivity contribution in [1.82, 2.24) is 4.90 Å². The number of rotatable bonds is 5. The molecule has 2 atom stereocenters. The van der Waals surface area contributed by atoms with Crippen molar-refractivity contribution in [2.45, 2.75) is 25.0 Å². The molecule has 0 N–H and O–H groups in total. The number of carbonyl (C=O) groups is 1. The van der Waals surface area contributed by atoms with E-state index < -0.39 is 0 Å². The van der Waals surface area contributed by atoms with Crippen LogP contribution in [0, 0.1) is 0 Å². The standard InChI is InChI=1S/C22H25NO4/c24-22(23-12-14-26-21(15-23)17-5-2-1-3-6-17)18-8-10-19(11-9-18)27-16-20-7-4-13-25-20/h1-3,5-6,8-11,20-21H,4,7,12-16H2/t20-,21+/m1/s1. The molecule has 2 saturated heterocycles. The molecular weight excluding hydrogens is 342 g/mol. The first-order chi connectivity index (χ1) is 13.3. The molecule has 0 spiro atoms. The highest BCUT2D eigenvalue weighted by Gasteiger charge is 2.26. The van der Waals surface area contributed by atoms with Gasteiger partial charge in [0.15, 0.2) is 0 Å². The van der Waals surface area contributed by atoms with Gasteiger partial charge in [-0.25, -0.2) is 0 Å². The van der Waals surface area contributed by atoms with Crippen molar-refractivity contribution < 1.29 is 19.0 Å². The lowest BCUT2D eigenvalue weighted by atomic mass is 10.1. The summed E-state index contributed by atoms with van der Waals surface area (Å²) in [6.45, 7) is 3.12. The van der Waals surface area contributed by atoms with Gasteiger partial charge in [-0.3, -0.25) is 4.79 Å². The first kappa shape index (κ1) is 18.0. The third-order valence-electron chi connectivity index (χ3n) is 5.09. The summed E-state index contributed by atoms with van der Waals surface area (Å²) in [4.78, 5) is 14.7. The van der Waals surface area contributed by atoms with Gasteiger partial charge >= 0.3 is 0 Å². The highest BCUT2D eigenvalue weighted by molar-refractivity contribution is 5.94. The monoisotopic (exact) mass is 367 g/mol. The number of carbonyl (C=O) groups excluding carboxylic acids is 1. The van der Waals surface area contributed by atoms with Crippen molar-refractivity contribution in [2.24, 2.45) is 0 Å². The van der Waals surface area contributed by atoms with E-state index in [1.807, 2.05) is 59.5 Å². The number of ether oxygens (including phenoxy) is 3. The first-order valence-corrected chi connectivity index (χ1v) is 9.60. The van der Waals surface area contributed by atoms with Gasteiger partial charge < -0.3 is 19.1 Å². The maximum atomic E-state index is 12.9. The molecule has 0 bridgehead atoms. The zero-order valence-electron chi connectivity index (χ0n) is 15.4. The minimum atomic E-state index is -0.0714. The van der Waals surface area contributed by atoms with Crippen LogP contribution in [-0.4, -0.2) is 49.8 Å². The van der Waals surface area contributed by atoms with Crippen molar-refractivity contribution in [3.8, 4) is 5.75 Å². The molecule has 2 aliphatic rings. The van der Waals surface area contributed by atoms with E-state index in [4.69, 9.17) is 14.2 Å². The molecule has 4 rings (SSSR count). The highest BCUT2D eigenvalue weighted by Crippen LogP contribution is 2.24. The predicted octanol–water partition coefficient (Wildman–Crippen LogP) is 3.46. The average molecular weight is 367 g/mol. The van der Waals surface area contributed by atoms with E-state index in [1.54, 1.807) is 0 Å². The Morgan fingerprint density at radius 3 is 2.59 bits per heavy atom. The number of benzene rings is 2. The maximum absolute atomic E-state index is 12.9. The molecule has 2 fully saturated rings. The van der Waals surface area contributed by atoms with Crippen molar-refractivity contribution >= 4 is 5.91 Å². The Morgan fingerprint density at radius 1 is 1.04 bits per heavy atom.